The van der Waals surface area contributed by atoms with Crippen LogP contribution in [0, 0.1) is 13.8 Å². The second kappa shape index (κ2) is 7.31. The quantitative estimate of drug-likeness (QED) is 0.649. The molecule has 2 aromatic carbocycles. The van der Waals surface area contributed by atoms with E-state index in [-0.39, 0.29) is 0 Å². The summed E-state index contributed by atoms with van der Waals surface area (Å²) in [5.74, 6) is 1.03. The van der Waals surface area contributed by atoms with E-state index in [0.29, 0.717) is 17.9 Å². The molecule has 4 heteroatoms. The summed E-state index contributed by atoms with van der Waals surface area (Å²) in [5.41, 5.74) is 9.79. The Labute approximate surface area is 153 Å². The Hall–Kier alpha value is -3.27. The number of aromatic nitrogens is 1. The topological polar surface area (TPSA) is 57.2 Å². The summed E-state index contributed by atoms with van der Waals surface area (Å²) >= 11 is 0. The maximum absolute atomic E-state index is 12.1. The van der Waals surface area contributed by atoms with Crippen LogP contribution in [0.2, 0.25) is 0 Å². The van der Waals surface area contributed by atoms with Crippen LogP contribution >= 0.6 is 0 Å². The number of rotatable bonds is 6. The number of amides is 1. The van der Waals surface area contributed by atoms with E-state index in [1.165, 1.54) is 0 Å². The van der Waals surface area contributed by atoms with Crippen LogP contribution in [0.25, 0.3) is 11.1 Å². The number of carbonyl (C=O) groups excluding carboxylic acids is 1. The van der Waals surface area contributed by atoms with Crippen molar-refractivity contribution >= 4 is 5.91 Å². The lowest BCUT2D eigenvalue weighted by Crippen LogP contribution is -2.13. The van der Waals surface area contributed by atoms with Crippen LogP contribution in [-0.4, -0.2) is 10.5 Å². The third-order valence-electron chi connectivity index (χ3n) is 4.44. The van der Waals surface area contributed by atoms with Gasteiger partial charge < -0.3 is 15.0 Å². The first-order chi connectivity index (χ1) is 12.5. The van der Waals surface area contributed by atoms with Crippen LogP contribution in [0.4, 0.5) is 0 Å². The number of nitrogens with zero attached hydrogens (tertiary/aromatic N) is 1. The zero-order valence-electron chi connectivity index (χ0n) is 15.0. The molecule has 0 aliphatic rings. The molecule has 0 unspecified atom stereocenters. The van der Waals surface area contributed by atoms with E-state index in [9.17, 15) is 4.79 Å². The van der Waals surface area contributed by atoms with Gasteiger partial charge in [0.15, 0.2) is 0 Å². The summed E-state index contributed by atoms with van der Waals surface area (Å²) in [5, 5.41) is 0. The highest BCUT2D eigenvalue weighted by Gasteiger charge is 2.22. The van der Waals surface area contributed by atoms with Gasteiger partial charge in [0.1, 0.15) is 11.5 Å². The zero-order chi connectivity index (χ0) is 18.7. The minimum atomic E-state index is -0.433. The molecule has 0 fully saturated rings. The number of primary amides is 1. The minimum Gasteiger partial charge on any atom is -0.457 e. The molecule has 0 spiro atoms. The molecule has 0 atom stereocenters. The standard InChI is InChI=1S/C22H22N2O2/c1-4-13-24-15(2)20(21(16(24)3)22(23)25)17-9-8-12-19(14-17)26-18-10-6-5-7-11-18/h4-12,14H,1,13H2,2-3H3,(H2,23,25). The van der Waals surface area contributed by atoms with Crippen molar-refractivity contribution in [2.45, 2.75) is 20.4 Å². The van der Waals surface area contributed by atoms with Gasteiger partial charge in [-0.25, -0.2) is 0 Å². The Morgan fingerprint density at radius 2 is 1.77 bits per heavy atom. The van der Waals surface area contributed by atoms with Gasteiger partial charge in [0.2, 0.25) is 0 Å². The van der Waals surface area contributed by atoms with Crippen molar-refractivity contribution < 1.29 is 9.53 Å². The van der Waals surface area contributed by atoms with Gasteiger partial charge in [0.25, 0.3) is 5.91 Å². The van der Waals surface area contributed by atoms with E-state index in [1.807, 2.05) is 79.1 Å². The molecule has 0 bridgehead atoms. The van der Waals surface area contributed by atoms with Crippen LogP contribution in [-0.2, 0) is 6.54 Å². The van der Waals surface area contributed by atoms with E-state index >= 15 is 0 Å². The highest BCUT2D eigenvalue weighted by molar-refractivity contribution is 6.02. The monoisotopic (exact) mass is 346 g/mol. The Kier molecular flexibility index (Phi) is 4.94. The van der Waals surface area contributed by atoms with Crippen molar-refractivity contribution in [1.82, 2.24) is 4.57 Å². The summed E-state index contributed by atoms with van der Waals surface area (Å²) < 4.78 is 7.97. The molecule has 26 heavy (non-hydrogen) atoms. The summed E-state index contributed by atoms with van der Waals surface area (Å²) in [4.78, 5) is 12.1. The predicted molar refractivity (Wildman–Crippen MR) is 105 cm³/mol. The summed E-state index contributed by atoms with van der Waals surface area (Å²) in [6.45, 7) is 8.32. The van der Waals surface area contributed by atoms with Gasteiger partial charge in [-0.2, -0.15) is 0 Å². The minimum absolute atomic E-state index is 0.433. The Morgan fingerprint density at radius 3 is 2.42 bits per heavy atom. The van der Waals surface area contributed by atoms with Gasteiger partial charge in [-0.05, 0) is 43.7 Å². The fraction of sp³-hybridized carbons (Fsp3) is 0.136. The van der Waals surface area contributed by atoms with E-state index in [1.54, 1.807) is 0 Å². The summed E-state index contributed by atoms with van der Waals surface area (Å²) in [7, 11) is 0. The van der Waals surface area contributed by atoms with Gasteiger partial charge in [-0.3, -0.25) is 4.79 Å². The number of allylic oxidation sites excluding steroid dienone is 1. The first-order valence-electron chi connectivity index (χ1n) is 8.46. The van der Waals surface area contributed by atoms with Crippen molar-refractivity contribution in [2.75, 3.05) is 0 Å². The average molecular weight is 346 g/mol. The Balaban J connectivity index is 2.09. The second-order valence-electron chi connectivity index (χ2n) is 6.13. The lowest BCUT2D eigenvalue weighted by atomic mass is 10.00. The molecule has 0 saturated carbocycles. The molecule has 4 nitrogen and oxygen atoms in total. The average Bonchev–Trinajstić information content (AvgIpc) is 2.88. The van der Waals surface area contributed by atoms with Crippen LogP contribution in [0.3, 0.4) is 0 Å². The van der Waals surface area contributed by atoms with Crippen molar-refractivity contribution in [3.8, 4) is 22.6 Å². The molecule has 0 aliphatic heterocycles. The molecule has 0 saturated heterocycles. The van der Waals surface area contributed by atoms with Crippen LogP contribution < -0.4 is 10.5 Å². The summed E-state index contributed by atoms with van der Waals surface area (Å²) in [6, 6.07) is 17.3. The molecule has 0 aliphatic carbocycles. The van der Waals surface area contributed by atoms with Gasteiger partial charge in [0.05, 0.1) is 5.56 Å². The van der Waals surface area contributed by atoms with Crippen molar-refractivity contribution in [2.24, 2.45) is 5.73 Å². The molecule has 2 N–H and O–H groups in total. The lowest BCUT2D eigenvalue weighted by molar-refractivity contribution is 0.1000. The zero-order valence-corrected chi connectivity index (χ0v) is 15.0. The number of ether oxygens (including phenoxy) is 1. The molecule has 3 rings (SSSR count). The molecule has 1 aromatic heterocycles. The van der Waals surface area contributed by atoms with E-state index in [2.05, 4.69) is 6.58 Å². The number of carbonyl (C=O) groups is 1. The van der Waals surface area contributed by atoms with E-state index < -0.39 is 5.91 Å². The Bertz CT molecular complexity index is 956. The Morgan fingerprint density at radius 1 is 1.08 bits per heavy atom. The normalized spacial score (nSPS) is 10.5. The maximum Gasteiger partial charge on any atom is 0.251 e. The molecular formula is C22H22N2O2. The fourth-order valence-corrected chi connectivity index (χ4v) is 3.28. The molecule has 3 aromatic rings. The molecule has 1 heterocycles. The highest BCUT2D eigenvalue weighted by atomic mass is 16.5. The van der Waals surface area contributed by atoms with E-state index in [4.69, 9.17) is 10.5 Å². The van der Waals surface area contributed by atoms with Crippen LogP contribution in [0.15, 0.2) is 67.3 Å². The third-order valence-corrected chi connectivity index (χ3v) is 4.44. The van der Waals surface area contributed by atoms with Crippen molar-refractivity contribution in [3.05, 3.63) is 84.2 Å². The number of hydrogen-bond donors (Lipinski definition) is 1. The largest absolute Gasteiger partial charge is 0.457 e. The maximum atomic E-state index is 12.1. The van der Waals surface area contributed by atoms with Gasteiger partial charge in [-0.15, -0.1) is 6.58 Å². The van der Waals surface area contributed by atoms with Gasteiger partial charge in [0, 0.05) is 23.5 Å². The molecular weight excluding hydrogens is 324 g/mol. The molecule has 1 amide bonds. The number of para-hydroxylation sites is 1. The number of benzene rings is 2. The SMILES string of the molecule is C=CCn1c(C)c(C(N)=O)c(-c2cccc(Oc3ccccc3)c2)c1C. The number of hydrogen-bond acceptors (Lipinski definition) is 2. The van der Waals surface area contributed by atoms with Gasteiger partial charge >= 0.3 is 0 Å². The first-order valence-corrected chi connectivity index (χ1v) is 8.46. The first kappa shape index (κ1) is 17.5. The van der Waals surface area contributed by atoms with Crippen LogP contribution in [0.1, 0.15) is 21.7 Å². The van der Waals surface area contributed by atoms with Crippen molar-refractivity contribution in [3.63, 3.8) is 0 Å². The second-order valence-corrected chi connectivity index (χ2v) is 6.13. The van der Waals surface area contributed by atoms with Crippen molar-refractivity contribution in [1.29, 1.82) is 0 Å². The fourth-order valence-electron chi connectivity index (χ4n) is 3.28. The van der Waals surface area contributed by atoms with Gasteiger partial charge in [-0.1, -0.05) is 36.4 Å². The molecule has 0 radical (unpaired) electrons. The molecule has 132 valence electrons. The number of nitrogens with two attached hydrogens (primary N) is 1. The lowest BCUT2D eigenvalue weighted by Gasteiger charge is -2.09. The van der Waals surface area contributed by atoms with Crippen LogP contribution in [0.5, 0.6) is 11.5 Å². The van der Waals surface area contributed by atoms with E-state index in [0.717, 1.165) is 28.3 Å². The third kappa shape index (κ3) is 3.26. The smallest absolute Gasteiger partial charge is 0.251 e. The predicted octanol–water partition coefficient (Wildman–Crippen LogP) is 4.85. The highest BCUT2D eigenvalue weighted by Crippen LogP contribution is 2.34. The summed E-state index contributed by atoms with van der Waals surface area (Å²) in [6.07, 6.45) is 1.81.